The number of hydrogen-bond acceptors (Lipinski definition) is 2. The molecule has 0 atom stereocenters. The van der Waals surface area contributed by atoms with Crippen molar-refractivity contribution < 1.29 is 4.79 Å². The van der Waals surface area contributed by atoms with E-state index in [0.29, 0.717) is 17.0 Å². The van der Waals surface area contributed by atoms with E-state index in [4.69, 9.17) is 11.6 Å². The fourth-order valence-corrected chi connectivity index (χ4v) is 2.07. The van der Waals surface area contributed by atoms with Crippen LogP contribution in [0.2, 0.25) is 5.02 Å². The Labute approximate surface area is 119 Å². The van der Waals surface area contributed by atoms with Crippen LogP contribution >= 0.6 is 27.5 Å². The van der Waals surface area contributed by atoms with Crippen molar-refractivity contribution in [3.63, 3.8) is 0 Å². The zero-order valence-electron chi connectivity index (χ0n) is 9.78. The van der Waals surface area contributed by atoms with Gasteiger partial charge in [0.1, 0.15) is 0 Å². The summed E-state index contributed by atoms with van der Waals surface area (Å²) in [5.74, 6) is 0.0544. The number of ketones is 1. The Hall–Kier alpha value is -1.19. The number of hydrogen-bond donors (Lipinski definition) is 0. The lowest BCUT2D eigenvalue weighted by Crippen LogP contribution is -2.04. The number of carbonyl (C=O) groups excluding carboxylic acids is 1. The van der Waals surface area contributed by atoms with Gasteiger partial charge in [-0.15, -0.1) is 0 Å². The van der Waals surface area contributed by atoms with E-state index in [1.807, 2.05) is 25.1 Å². The van der Waals surface area contributed by atoms with E-state index in [1.54, 1.807) is 18.5 Å². The highest BCUT2D eigenvalue weighted by Gasteiger charge is 2.10. The van der Waals surface area contributed by atoms with Gasteiger partial charge < -0.3 is 0 Å². The highest BCUT2D eigenvalue weighted by Crippen LogP contribution is 2.20. The number of benzene rings is 1. The zero-order valence-corrected chi connectivity index (χ0v) is 12.1. The second-order valence-electron chi connectivity index (χ2n) is 4.03. The van der Waals surface area contributed by atoms with Crippen LogP contribution in [0.25, 0.3) is 0 Å². The second kappa shape index (κ2) is 5.63. The Morgan fingerprint density at radius 2 is 2.17 bits per heavy atom. The van der Waals surface area contributed by atoms with Gasteiger partial charge in [0, 0.05) is 28.9 Å². The minimum Gasteiger partial charge on any atom is -0.294 e. The largest absolute Gasteiger partial charge is 0.294 e. The molecule has 0 bridgehead atoms. The molecule has 1 heterocycles. The first-order chi connectivity index (χ1) is 8.58. The topological polar surface area (TPSA) is 30.0 Å². The molecule has 1 aromatic heterocycles. The van der Waals surface area contributed by atoms with Crippen molar-refractivity contribution in [3.8, 4) is 0 Å². The molecule has 0 spiro atoms. The standard InChI is InChI=1S/C14H11BrClNO/c1-9-6-11(2-3-12(9)15)14(18)7-10-4-5-17-8-13(10)16/h2-6,8H,7H2,1H3. The molecule has 0 saturated carbocycles. The third kappa shape index (κ3) is 2.98. The molecule has 0 radical (unpaired) electrons. The van der Waals surface area contributed by atoms with Crippen LogP contribution in [-0.4, -0.2) is 10.8 Å². The summed E-state index contributed by atoms with van der Waals surface area (Å²) in [6, 6.07) is 7.35. The minimum atomic E-state index is 0.0544. The Balaban J connectivity index is 2.22. The van der Waals surface area contributed by atoms with Gasteiger partial charge in [0.05, 0.1) is 5.02 Å². The monoisotopic (exact) mass is 323 g/mol. The maximum atomic E-state index is 12.1. The molecule has 0 aliphatic heterocycles. The summed E-state index contributed by atoms with van der Waals surface area (Å²) in [7, 11) is 0. The number of aromatic nitrogens is 1. The molecule has 2 nitrogen and oxygen atoms in total. The van der Waals surface area contributed by atoms with Crippen LogP contribution in [0.3, 0.4) is 0 Å². The van der Waals surface area contributed by atoms with Gasteiger partial charge >= 0.3 is 0 Å². The van der Waals surface area contributed by atoms with E-state index in [1.165, 1.54) is 0 Å². The first kappa shape index (κ1) is 13.2. The summed E-state index contributed by atoms with van der Waals surface area (Å²) in [5.41, 5.74) is 2.54. The van der Waals surface area contributed by atoms with Crippen molar-refractivity contribution in [2.45, 2.75) is 13.3 Å². The van der Waals surface area contributed by atoms with Crippen LogP contribution in [0.1, 0.15) is 21.5 Å². The Morgan fingerprint density at radius 1 is 1.39 bits per heavy atom. The van der Waals surface area contributed by atoms with Gasteiger partial charge in [0.2, 0.25) is 0 Å². The van der Waals surface area contributed by atoms with Crippen molar-refractivity contribution in [3.05, 3.63) is 62.8 Å². The van der Waals surface area contributed by atoms with Gasteiger partial charge in [-0.05, 0) is 36.2 Å². The number of carbonyl (C=O) groups is 1. The summed E-state index contributed by atoms with van der Waals surface area (Å²) >= 11 is 9.41. The number of rotatable bonds is 3. The maximum Gasteiger partial charge on any atom is 0.167 e. The summed E-state index contributed by atoms with van der Waals surface area (Å²) in [4.78, 5) is 16.0. The number of aryl methyl sites for hydroxylation is 1. The Morgan fingerprint density at radius 3 is 2.83 bits per heavy atom. The van der Waals surface area contributed by atoms with Crippen molar-refractivity contribution in [2.24, 2.45) is 0 Å². The van der Waals surface area contributed by atoms with E-state index in [-0.39, 0.29) is 5.78 Å². The molecule has 2 aromatic rings. The van der Waals surface area contributed by atoms with E-state index in [0.717, 1.165) is 15.6 Å². The van der Waals surface area contributed by atoms with E-state index < -0.39 is 0 Å². The average molecular weight is 325 g/mol. The predicted octanol–water partition coefficient (Wildman–Crippen LogP) is 4.23. The van der Waals surface area contributed by atoms with Crippen LogP contribution in [-0.2, 0) is 6.42 Å². The van der Waals surface area contributed by atoms with Crippen LogP contribution < -0.4 is 0 Å². The van der Waals surface area contributed by atoms with Gasteiger partial charge in [-0.25, -0.2) is 0 Å². The number of pyridine rings is 1. The number of nitrogens with zero attached hydrogens (tertiary/aromatic N) is 1. The SMILES string of the molecule is Cc1cc(C(=O)Cc2ccncc2Cl)ccc1Br. The molecule has 2 rings (SSSR count). The van der Waals surface area contributed by atoms with E-state index in [2.05, 4.69) is 20.9 Å². The summed E-state index contributed by atoms with van der Waals surface area (Å²) < 4.78 is 1.00. The van der Waals surface area contributed by atoms with Crippen LogP contribution in [0.15, 0.2) is 41.1 Å². The van der Waals surface area contributed by atoms with Crippen LogP contribution in [0.5, 0.6) is 0 Å². The smallest absolute Gasteiger partial charge is 0.167 e. The Bertz CT molecular complexity index is 598. The van der Waals surface area contributed by atoms with Gasteiger partial charge in [-0.3, -0.25) is 9.78 Å². The third-order valence-electron chi connectivity index (χ3n) is 2.69. The summed E-state index contributed by atoms with van der Waals surface area (Å²) in [5, 5.41) is 0.527. The maximum absolute atomic E-state index is 12.1. The molecule has 18 heavy (non-hydrogen) atoms. The van der Waals surface area contributed by atoms with Gasteiger partial charge in [0.15, 0.2) is 5.78 Å². The lowest BCUT2D eigenvalue weighted by Gasteiger charge is -2.05. The lowest BCUT2D eigenvalue weighted by atomic mass is 10.0. The molecular weight excluding hydrogens is 314 g/mol. The molecule has 0 N–H and O–H groups in total. The highest BCUT2D eigenvalue weighted by atomic mass is 79.9. The highest BCUT2D eigenvalue weighted by molar-refractivity contribution is 9.10. The van der Waals surface area contributed by atoms with Crippen LogP contribution in [0, 0.1) is 6.92 Å². The molecule has 0 aliphatic carbocycles. The second-order valence-corrected chi connectivity index (χ2v) is 5.29. The van der Waals surface area contributed by atoms with Gasteiger partial charge in [-0.1, -0.05) is 33.6 Å². The summed E-state index contributed by atoms with van der Waals surface area (Å²) in [6.07, 6.45) is 3.49. The molecule has 4 heteroatoms. The fraction of sp³-hybridized carbons (Fsp3) is 0.143. The minimum absolute atomic E-state index is 0.0544. The van der Waals surface area contributed by atoms with Crippen molar-refractivity contribution in [2.75, 3.05) is 0 Å². The van der Waals surface area contributed by atoms with Crippen molar-refractivity contribution >= 4 is 33.3 Å². The molecule has 92 valence electrons. The molecule has 0 aliphatic rings. The van der Waals surface area contributed by atoms with Gasteiger partial charge in [0.25, 0.3) is 0 Å². The summed E-state index contributed by atoms with van der Waals surface area (Å²) in [6.45, 7) is 1.96. The van der Waals surface area contributed by atoms with Gasteiger partial charge in [-0.2, -0.15) is 0 Å². The Kier molecular flexibility index (Phi) is 4.15. The molecule has 1 aromatic carbocycles. The normalized spacial score (nSPS) is 10.4. The molecular formula is C14H11BrClNO. The molecule has 0 fully saturated rings. The first-order valence-corrected chi connectivity index (χ1v) is 6.63. The molecule has 0 saturated heterocycles. The van der Waals surface area contributed by atoms with Crippen molar-refractivity contribution in [1.82, 2.24) is 4.98 Å². The third-order valence-corrected chi connectivity index (χ3v) is 3.92. The van der Waals surface area contributed by atoms with E-state index >= 15 is 0 Å². The first-order valence-electron chi connectivity index (χ1n) is 5.45. The van der Waals surface area contributed by atoms with E-state index in [9.17, 15) is 4.79 Å². The lowest BCUT2D eigenvalue weighted by molar-refractivity contribution is 0.0993. The quantitative estimate of drug-likeness (QED) is 0.791. The average Bonchev–Trinajstić information content (AvgIpc) is 2.35. The van der Waals surface area contributed by atoms with Crippen LogP contribution in [0.4, 0.5) is 0 Å². The van der Waals surface area contributed by atoms with Crippen molar-refractivity contribution in [1.29, 1.82) is 0 Å². The fourth-order valence-electron chi connectivity index (χ4n) is 1.64. The number of Topliss-reactive ketones (excluding diaryl/α,β-unsaturated/α-hetero) is 1. The predicted molar refractivity (Wildman–Crippen MR) is 76.2 cm³/mol. The molecule has 0 unspecified atom stereocenters. The zero-order chi connectivity index (χ0) is 13.1. The molecule has 0 amide bonds. The number of halogens is 2.